The number of hydrogen-bond donors (Lipinski definition) is 0. The van der Waals surface area contributed by atoms with Crippen LogP contribution in [0.2, 0.25) is 0 Å². The van der Waals surface area contributed by atoms with Gasteiger partial charge >= 0.3 is 0 Å². The van der Waals surface area contributed by atoms with Gasteiger partial charge in [0.25, 0.3) is 0 Å². The molecule has 23 heavy (non-hydrogen) atoms. The van der Waals surface area contributed by atoms with E-state index in [4.69, 9.17) is 4.74 Å². The van der Waals surface area contributed by atoms with Crippen molar-refractivity contribution < 1.29 is 13.2 Å². The third-order valence-electron chi connectivity index (χ3n) is 3.77. The topological polar surface area (TPSA) is 77.3 Å². The first-order valence-corrected chi connectivity index (χ1v) is 9.03. The molecule has 1 aliphatic rings. The summed E-state index contributed by atoms with van der Waals surface area (Å²) >= 11 is 0. The lowest BCUT2D eigenvalue weighted by atomic mass is 10.3. The Labute approximate surface area is 135 Å². The number of hydrogen-bond acceptors (Lipinski definition) is 5. The molecule has 0 bridgehead atoms. The standard InChI is InChI=1S/C15H20N4O3S/c1-12(2)22-14-3-5-15(6-4-14)23(20,21)18-9-7-13(11-18)19-10-8-16-17-19/h3-6,8,10,12-13H,7,9,11H2,1-2H3. The van der Waals surface area contributed by atoms with Crippen molar-refractivity contribution in [1.82, 2.24) is 19.3 Å². The predicted molar refractivity (Wildman–Crippen MR) is 84.6 cm³/mol. The fraction of sp³-hybridized carbons (Fsp3) is 0.467. The SMILES string of the molecule is CC(C)Oc1ccc(S(=O)(=O)N2CCC(n3ccnn3)C2)cc1. The Morgan fingerprint density at radius 1 is 1.26 bits per heavy atom. The molecule has 0 N–H and O–H groups in total. The zero-order chi connectivity index (χ0) is 16.4. The molecule has 0 spiro atoms. The van der Waals surface area contributed by atoms with E-state index in [0.29, 0.717) is 18.8 Å². The molecule has 1 aromatic heterocycles. The lowest BCUT2D eigenvalue weighted by molar-refractivity contribution is 0.242. The van der Waals surface area contributed by atoms with Crippen LogP contribution in [-0.4, -0.2) is 46.9 Å². The normalized spacial score (nSPS) is 19.3. The van der Waals surface area contributed by atoms with Crippen molar-refractivity contribution in [3.8, 4) is 5.75 Å². The van der Waals surface area contributed by atoms with Crippen LogP contribution in [0.5, 0.6) is 5.75 Å². The fourth-order valence-electron chi connectivity index (χ4n) is 2.67. The summed E-state index contributed by atoms with van der Waals surface area (Å²) in [6.45, 7) is 4.76. The van der Waals surface area contributed by atoms with Crippen molar-refractivity contribution in [1.29, 1.82) is 0 Å². The number of nitrogens with zero attached hydrogens (tertiary/aromatic N) is 4. The molecule has 0 radical (unpaired) electrons. The minimum absolute atomic E-state index is 0.0378. The maximum atomic E-state index is 12.7. The van der Waals surface area contributed by atoms with Crippen molar-refractivity contribution >= 4 is 10.0 Å². The second-order valence-corrected chi connectivity index (χ2v) is 7.76. The van der Waals surface area contributed by atoms with Crippen molar-refractivity contribution in [2.24, 2.45) is 0 Å². The summed E-state index contributed by atoms with van der Waals surface area (Å²) < 4.78 is 34.2. The zero-order valence-electron chi connectivity index (χ0n) is 13.2. The van der Waals surface area contributed by atoms with Crippen LogP contribution in [0.4, 0.5) is 0 Å². The molecule has 1 aromatic carbocycles. The molecule has 1 unspecified atom stereocenters. The van der Waals surface area contributed by atoms with E-state index in [2.05, 4.69) is 10.3 Å². The Morgan fingerprint density at radius 2 is 2.00 bits per heavy atom. The van der Waals surface area contributed by atoms with Gasteiger partial charge in [0.05, 0.1) is 23.2 Å². The van der Waals surface area contributed by atoms with Crippen LogP contribution in [0, 0.1) is 0 Å². The maximum absolute atomic E-state index is 12.7. The molecule has 0 amide bonds. The van der Waals surface area contributed by atoms with Crippen LogP contribution in [0.1, 0.15) is 26.3 Å². The quantitative estimate of drug-likeness (QED) is 0.830. The minimum atomic E-state index is -3.49. The van der Waals surface area contributed by atoms with Crippen molar-refractivity contribution in [3.63, 3.8) is 0 Å². The highest BCUT2D eigenvalue weighted by Gasteiger charge is 2.33. The molecule has 8 heteroatoms. The van der Waals surface area contributed by atoms with E-state index in [1.54, 1.807) is 41.3 Å². The highest BCUT2D eigenvalue weighted by molar-refractivity contribution is 7.89. The predicted octanol–water partition coefficient (Wildman–Crippen LogP) is 1.70. The molecule has 0 saturated carbocycles. The molecule has 1 fully saturated rings. The third-order valence-corrected chi connectivity index (χ3v) is 5.65. The van der Waals surface area contributed by atoms with E-state index in [1.165, 1.54) is 4.31 Å². The molecule has 1 saturated heterocycles. The maximum Gasteiger partial charge on any atom is 0.243 e. The summed E-state index contributed by atoms with van der Waals surface area (Å²) in [5, 5.41) is 7.73. The van der Waals surface area contributed by atoms with Crippen molar-refractivity contribution in [2.75, 3.05) is 13.1 Å². The molecular weight excluding hydrogens is 316 g/mol. The van der Waals surface area contributed by atoms with Gasteiger partial charge in [0, 0.05) is 19.3 Å². The number of rotatable bonds is 5. The molecule has 7 nitrogen and oxygen atoms in total. The van der Waals surface area contributed by atoms with Gasteiger partial charge in [0.15, 0.2) is 0 Å². The Morgan fingerprint density at radius 3 is 2.61 bits per heavy atom. The molecule has 2 heterocycles. The summed E-state index contributed by atoms with van der Waals surface area (Å²) in [5.41, 5.74) is 0. The lowest BCUT2D eigenvalue weighted by Crippen LogP contribution is -2.29. The Balaban J connectivity index is 1.74. The van der Waals surface area contributed by atoms with Crippen LogP contribution in [0.3, 0.4) is 0 Å². The van der Waals surface area contributed by atoms with Gasteiger partial charge in [-0.1, -0.05) is 5.21 Å². The lowest BCUT2D eigenvalue weighted by Gasteiger charge is -2.17. The van der Waals surface area contributed by atoms with Crippen LogP contribution in [0.25, 0.3) is 0 Å². The number of sulfonamides is 1. The highest BCUT2D eigenvalue weighted by Crippen LogP contribution is 2.27. The fourth-order valence-corrected chi connectivity index (χ4v) is 4.16. The van der Waals surface area contributed by atoms with Crippen molar-refractivity contribution in [2.45, 2.75) is 37.3 Å². The van der Waals surface area contributed by atoms with E-state index in [9.17, 15) is 8.42 Å². The molecule has 0 aliphatic carbocycles. The Hall–Kier alpha value is -1.93. The smallest absolute Gasteiger partial charge is 0.243 e. The van der Waals surface area contributed by atoms with Gasteiger partial charge < -0.3 is 4.74 Å². The summed E-state index contributed by atoms with van der Waals surface area (Å²) in [6.07, 6.45) is 4.15. The molecule has 3 rings (SSSR count). The zero-order valence-corrected chi connectivity index (χ0v) is 14.0. The van der Waals surface area contributed by atoms with Gasteiger partial charge in [-0.05, 0) is 44.5 Å². The first-order valence-electron chi connectivity index (χ1n) is 7.59. The molecule has 1 atom stereocenters. The summed E-state index contributed by atoms with van der Waals surface area (Å²) in [7, 11) is -3.49. The number of ether oxygens (including phenoxy) is 1. The van der Waals surface area contributed by atoms with Crippen LogP contribution in [0.15, 0.2) is 41.6 Å². The summed E-state index contributed by atoms with van der Waals surface area (Å²) in [4.78, 5) is 0.285. The van der Waals surface area contributed by atoms with Gasteiger partial charge in [-0.2, -0.15) is 4.31 Å². The van der Waals surface area contributed by atoms with E-state index < -0.39 is 10.0 Å². The molecular formula is C15H20N4O3S. The minimum Gasteiger partial charge on any atom is -0.491 e. The van der Waals surface area contributed by atoms with Gasteiger partial charge in [0.1, 0.15) is 5.75 Å². The summed E-state index contributed by atoms with van der Waals surface area (Å²) in [5.74, 6) is 0.667. The molecule has 1 aliphatic heterocycles. The largest absolute Gasteiger partial charge is 0.491 e. The second kappa shape index (κ2) is 6.29. The van der Waals surface area contributed by atoms with Crippen LogP contribution >= 0.6 is 0 Å². The second-order valence-electron chi connectivity index (χ2n) is 5.83. The van der Waals surface area contributed by atoms with E-state index in [0.717, 1.165) is 6.42 Å². The van der Waals surface area contributed by atoms with E-state index >= 15 is 0 Å². The van der Waals surface area contributed by atoms with Gasteiger partial charge in [0.2, 0.25) is 10.0 Å². The van der Waals surface area contributed by atoms with E-state index in [1.807, 2.05) is 13.8 Å². The first-order chi connectivity index (χ1) is 11.0. The molecule has 2 aromatic rings. The first kappa shape index (κ1) is 15.9. The van der Waals surface area contributed by atoms with Crippen LogP contribution in [-0.2, 0) is 10.0 Å². The van der Waals surface area contributed by atoms with Crippen LogP contribution < -0.4 is 4.74 Å². The van der Waals surface area contributed by atoms with E-state index in [-0.39, 0.29) is 17.0 Å². The highest BCUT2D eigenvalue weighted by atomic mass is 32.2. The Bertz CT molecular complexity index is 742. The third kappa shape index (κ3) is 3.37. The number of aromatic nitrogens is 3. The monoisotopic (exact) mass is 336 g/mol. The number of benzene rings is 1. The Kier molecular flexibility index (Phi) is 4.36. The van der Waals surface area contributed by atoms with Gasteiger partial charge in [-0.25, -0.2) is 13.1 Å². The average Bonchev–Trinajstić information content (AvgIpc) is 3.18. The van der Waals surface area contributed by atoms with Crippen molar-refractivity contribution in [3.05, 3.63) is 36.7 Å². The summed E-state index contributed by atoms with van der Waals surface area (Å²) in [6, 6.07) is 6.61. The van der Waals surface area contributed by atoms with Gasteiger partial charge in [-0.3, -0.25) is 0 Å². The molecule has 124 valence electrons. The average molecular weight is 336 g/mol. The van der Waals surface area contributed by atoms with Gasteiger partial charge in [-0.15, -0.1) is 5.10 Å².